The summed E-state index contributed by atoms with van der Waals surface area (Å²) in [6, 6.07) is 3.64. The molecule has 0 unspecified atom stereocenters. The van der Waals surface area contributed by atoms with Gasteiger partial charge in [-0.3, -0.25) is 4.79 Å². The van der Waals surface area contributed by atoms with Gasteiger partial charge in [-0.25, -0.2) is 0 Å². The Morgan fingerprint density at radius 1 is 1.50 bits per heavy atom. The Bertz CT molecular complexity index is 645. The summed E-state index contributed by atoms with van der Waals surface area (Å²) in [5.74, 6) is 6.39. The third-order valence-electron chi connectivity index (χ3n) is 2.54. The zero-order valence-electron chi connectivity index (χ0n) is 11.1. The average molecular weight is 289 g/mol. The molecular weight excluding hydrogens is 274 g/mol. The predicted octanol–water partition coefficient (Wildman–Crippen LogP) is 2.31. The molecule has 0 saturated carbocycles. The van der Waals surface area contributed by atoms with Gasteiger partial charge in [0, 0.05) is 22.2 Å². The number of hydrogen-bond acceptors (Lipinski definition) is 4. The highest BCUT2D eigenvalue weighted by Gasteiger charge is 2.08. The van der Waals surface area contributed by atoms with Gasteiger partial charge < -0.3 is 14.8 Å². The van der Waals surface area contributed by atoms with Crippen molar-refractivity contribution in [3.63, 3.8) is 0 Å². The van der Waals surface area contributed by atoms with E-state index in [1.807, 2.05) is 11.4 Å². The van der Waals surface area contributed by atoms with Crippen molar-refractivity contribution in [2.45, 2.75) is 19.9 Å². The van der Waals surface area contributed by atoms with E-state index in [2.05, 4.69) is 17.2 Å². The van der Waals surface area contributed by atoms with Gasteiger partial charge in [0.1, 0.15) is 12.0 Å². The first-order valence-electron chi connectivity index (χ1n) is 6.19. The van der Waals surface area contributed by atoms with Crippen molar-refractivity contribution < 1.29 is 14.3 Å². The van der Waals surface area contributed by atoms with Crippen LogP contribution in [0.3, 0.4) is 0 Å². The van der Waals surface area contributed by atoms with Gasteiger partial charge in [0.05, 0.1) is 18.7 Å². The van der Waals surface area contributed by atoms with Gasteiger partial charge in [0.2, 0.25) is 0 Å². The van der Waals surface area contributed by atoms with Gasteiger partial charge in [-0.05, 0) is 19.1 Å². The Morgan fingerprint density at radius 2 is 2.35 bits per heavy atom. The van der Waals surface area contributed by atoms with Crippen molar-refractivity contribution in [3.8, 4) is 11.8 Å². The standard InChI is InChI=1S/C15H15NO3S/c1-11-6-13(9-19-11)15(18)16-8-14-7-12(10-20-14)4-2-3-5-17/h6-7,9-10,17H,3,5,8H2,1H3,(H,16,18). The summed E-state index contributed by atoms with van der Waals surface area (Å²) in [5, 5.41) is 13.4. The Kier molecular flexibility index (Phi) is 4.99. The molecule has 2 heterocycles. The Morgan fingerprint density at radius 3 is 3.05 bits per heavy atom. The molecule has 0 aliphatic rings. The van der Waals surface area contributed by atoms with Crippen LogP contribution in [0, 0.1) is 18.8 Å². The van der Waals surface area contributed by atoms with E-state index in [-0.39, 0.29) is 12.5 Å². The maximum Gasteiger partial charge on any atom is 0.254 e. The van der Waals surface area contributed by atoms with Gasteiger partial charge in [-0.1, -0.05) is 11.8 Å². The van der Waals surface area contributed by atoms with Crippen LogP contribution in [0.2, 0.25) is 0 Å². The minimum Gasteiger partial charge on any atom is -0.469 e. The Labute approximate surface area is 121 Å². The number of aliphatic hydroxyl groups excluding tert-OH is 1. The van der Waals surface area contributed by atoms with E-state index in [9.17, 15) is 4.79 Å². The molecule has 0 aliphatic carbocycles. The highest BCUT2D eigenvalue weighted by molar-refractivity contribution is 7.10. The fourth-order valence-electron chi connectivity index (χ4n) is 1.59. The molecule has 5 heteroatoms. The topological polar surface area (TPSA) is 62.5 Å². The van der Waals surface area contributed by atoms with Crippen molar-refractivity contribution in [3.05, 3.63) is 45.5 Å². The van der Waals surface area contributed by atoms with Gasteiger partial charge in [0.25, 0.3) is 5.91 Å². The number of furan rings is 1. The van der Waals surface area contributed by atoms with Crippen LogP contribution in [-0.2, 0) is 6.54 Å². The zero-order chi connectivity index (χ0) is 14.4. The molecule has 1 amide bonds. The Hall–Kier alpha value is -2.03. The first-order chi connectivity index (χ1) is 9.69. The van der Waals surface area contributed by atoms with Crippen LogP contribution >= 0.6 is 11.3 Å². The largest absolute Gasteiger partial charge is 0.469 e. The smallest absolute Gasteiger partial charge is 0.254 e. The fourth-order valence-corrected chi connectivity index (χ4v) is 2.35. The van der Waals surface area contributed by atoms with Crippen molar-refractivity contribution in [1.82, 2.24) is 5.32 Å². The summed E-state index contributed by atoms with van der Waals surface area (Å²) in [6.45, 7) is 2.34. The molecule has 0 bridgehead atoms. The third kappa shape index (κ3) is 3.98. The van der Waals surface area contributed by atoms with Crippen LogP contribution in [0.1, 0.15) is 33.0 Å². The molecule has 4 nitrogen and oxygen atoms in total. The summed E-state index contributed by atoms with van der Waals surface area (Å²) < 4.78 is 5.10. The number of aliphatic hydroxyl groups is 1. The van der Waals surface area contributed by atoms with Gasteiger partial charge >= 0.3 is 0 Å². The SMILES string of the molecule is Cc1cc(C(=O)NCc2cc(C#CCCO)cs2)co1. The lowest BCUT2D eigenvalue weighted by molar-refractivity contribution is 0.0950. The molecule has 2 rings (SSSR count). The van der Waals surface area contributed by atoms with Crippen LogP contribution in [0.5, 0.6) is 0 Å². The molecule has 2 N–H and O–H groups in total. The van der Waals surface area contributed by atoms with E-state index >= 15 is 0 Å². The summed E-state index contributed by atoms with van der Waals surface area (Å²) in [5.41, 5.74) is 1.44. The van der Waals surface area contributed by atoms with Gasteiger partial charge in [0.15, 0.2) is 0 Å². The summed E-state index contributed by atoms with van der Waals surface area (Å²) in [7, 11) is 0. The molecule has 0 spiro atoms. The van der Waals surface area contributed by atoms with E-state index in [1.165, 1.54) is 6.26 Å². The highest BCUT2D eigenvalue weighted by Crippen LogP contribution is 2.14. The number of nitrogens with one attached hydrogen (secondary N) is 1. The molecule has 104 valence electrons. The Balaban J connectivity index is 1.88. The number of hydrogen-bond donors (Lipinski definition) is 2. The van der Waals surface area contributed by atoms with E-state index < -0.39 is 0 Å². The second-order valence-electron chi connectivity index (χ2n) is 4.21. The van der Waals surface area contributed by atoms with Crippen LogP contribution in [0.4, 0.5) is 0 Å². The van der Waals surface area contributed by atoms with Crippen molar-refractivity contribution in [2.75, 3.05) is 6.61 Å². The summed E-state index contributed by atoms with van der Waals surface area (Å²) >= 11 is 1.55. The van der Waals surface area contributed by atoms with Crippen LogP contribution in [0.15, 0.2) is 28.2 Å². The molecule has 2 aromatic rings. The predicted molar refractivity (Wildman–Crippen MR) is 77.5 cm³/mol. The monoisotopic (exact) mass is 289 g/mol. The molecule has 2 aromatic heterocycles. The summed E-state index contributed by atoms with van der Waals surface area (Å²) in [6.07, 6.45) is 1.92. The van der Waals surface area contributed by atoms with Crippen molar-refractivity contribution in [1.29, 1.82) is 0 Å². The van der Waals surface area contributed by atoms with E-state index in [1.54, 1.807) is 24.3 Å². The van der Waals surface area contributed by atoms with Gasteiger partial charge in [-0.2, -0.15) is 0 Å². The van der Waals surface area contributed by atoms with Crippen molar-refractivity contribution in [2.24, 2.45) is 0 Å². The van der Waals surface area contributed by atoms with Crippen molar-refractivity contribution >= 4 is 17.2 Å². The molecule has 0 fully saturated rings. The molecule has 0 radical (unpaired) electrons. The lowest BCUT2D eigenvalue weighted by Gasteiger charge is -2.00. The van der Waals surface area contributed by atoms with Gasteiger partial charge in [-0.15, -0.1) is 11.3 Å². The number of amides is 1. The third-order valence-corrected chi connectivity index (χ3v) is 3.48. The zero-order valence-corrected chi connectivity index (χ0v) is 11.9. The minimum atomic E-state index is -0.150. The number of carbonyl (C=O) groups is 1. The quantitative estimate of drug-likeness (QED) is 0.849. The lowest BCUT2D eigenvalue weighted by Crippen LogP contribution is -2.21. The lowest BCUT2D eigenvalue weighted by atomic mass is 10.3. The molecule has 0 aromatic carbocycles. The van der Waals surface area contributed by atoms with Crippen LogP contribution in [-0.4, -0.2) is 17.6 Å². The maximum atomic E-state index is 11.8. The number of thiophene rings is 1. The second-order valence-corrected chi connectivity index (χ2v) is 5.20. The van der Waals surface area contributed by atoms with E-state index in [0.29, 0.717) is 24.3 Å². The summed E-state index contributed by atoms with van der Waals surface area (Å²) in [4.78, 5) is 12.9. The molecule has 0 atom stereocenters. The highest BCUT2D eigenvalue weighted by atomic mass is 32.1. The minimum absolute atomic E-state index is 0.0736. The van der Waals surface area contributed by atoms with E-state index in [0.717, 1.165) is 10.4 Å². The van der Waals surface area contributed by atoms with E-state index in [4.69, 9.17) is 9.52 Å². The molecular formula is C15H15NO3S. The van der Waals surface area contributed by atoms with Crippen LogP contribution in [0.25, 0.3) is 0 Å². The number of carbonyl (C=O) groups excluding carboxylic acids is 1. The first-order valence-corrected chi connectivity index (χ1v) is 7.07. The number of aryl methyl sites for hydroxylation is 1. The average Bonchev–Trinajstić information content (AvgIpc) is 3.05. The molecule has 0 saturated heterocycles. The molecule has 0 aliphatic heterocycles. The second kappa shape index (κ2) is 6.94. The maximum absolute atomic E-state index is 11.8. The first kappa shape index (κ1) is 14.4. The van der Waals surface area contributed by atoms with Crippen LogP contribution < -0.4 is 5.32 Å². The number of rotatable bonds is 4. The fraction of sp³-hybridized carbons (Fsp3) is 0.267. The normalized spacial score (nSPS) is 9.90. The molecule has 20 heavy (non-hydrogen) atoms.